The Hall–Kier alpha value is -0.520. The molecule has 0 amide bonds. The summed E-state index contributed by atoms with van der Waals surface area (Å²) in [6, 6.07) is 0. The summed E-state index contributed by atoms with van der Waals surface area (Å²) in [5.41, 5.74) is 0. The van der Waals surface area contributed by atoms with E-state index < -0.39 is 0 Å². The van der Waals surface area contributed by atoms with E-state index >= 15 is 0 Å². The van der Waals surface area contributed by atoms with Crippen molar-refractivity contribution in [3.8, 4) is 0 Å². The zero-order valence-electron chi connectivity index (χ0n) is 14.4. The summed E-state index contributed by atoms with van der Waals surface area (Å²) in [4.78, 5) is 0. The van der Waals surface area contributed by atoms with E-state index in [4.69, 9.17) is 0 Å². The monoisotopic (exact) mass is 278 g/mol. The van der Waals surface area contributed by atoms with E-state index in [-0.39, 0.29) is 0 Å². The molecule has 0 saturated carbocycles. The summed E-state index contributed by atoms with van der Waals surface area (Å²) in [7, 11) is 0. The molecule has 0 saturated heterocycles. The highest BCUT2D eigenvalue weighted by Crippen LogP contribution is 2.11. The first-order valence-electron chi connectivity index (χ1n) is 9.07. The Balaban J connectivity index is 3.16. The Morgan fingerprint density at radius 3 is 1.80 bits per heavy atom. The summed E-state index contributed by atoms with van der Waals surface area (Å²) >= 11 is 0. The second-order valence-corrected chi connectivity index (χ2v) is 6.41. The highest BCUT2D eigenvalue weighted by atomic mass is 14.0. The van der Waals surface area contributed by atoms with Gasteiger partial charge < -0.3 is 0 Å². The van der Waals surface area contributed by atoms with Crippen molar-refractivity contribution in [1.29, 1.82) is 0 Å². The van der Waals surface area contributed by atoms with Gasteiger partial charge >= 0.3 is 0 Å². The van der Waals surface area contributed by atoms with Crippen LogP contribution in [0.1, 0.15) is 97.8 Å². The van der Waals surface area contributed by atoms with Gasteiger partial charge in [-0.2, -0.15) is 0 Å². The predicted octanol–water partition coefficient (Wildman–Crippen LogP) is 7.46. The fourth-order valence-corrected chi connectivity index (χ4v) is 2.36. The molecule has 0 heteroatoms. The SMILES string of the molecule is CCCCC/C=C/C/C=C/CCCCCCCC(C)C. The Morgan fingerprint density at radius 1 is 0.650 bits per heavy atom. The van der Waals surface area contributed by atoms with Crippen LogP contribution in [0.2, 0.25) is 0 Å². The van der Waals surface area contributed by atoms with Crippen molar-refractivity contribution >= 4 is 0 Å². The van der Waals surface area contributed by atoms with Crippen LogP contribution in [-0.4, -0.2) is 0 Å². The van der Waals surface area contributed by atoms with Crippen LogP contribution in [0.3, 0.4) is 0 Å². The number of allylic oxidation sites excluding steroid dienone is 4. The number of unbranched alkanes of at least 4 members (excludes halogenated alkanes) is 8. The zero-order chi connectivity index (χ0) is 14.9. The van der Waals surface area contributed by atoms with Crippen LogP contribution in [0, 0.1) is 5.92 Å². The first-order chi connectivity index (χ1) is 9.77. The molecule has 0 aromatic heterocycles. The normalized spacial score (nSPS) is 12.2. The van der Waals surface area contributed by atoms with Crippen LogP contribution < -0.4 is 0 Å². The third kappa shape index (κ3) is 17.5. The van der Waals surface area contributed by atoms with Crippen molar-refractivity contribution < 1.29 is 0 Å². The van der Waals surface area contributed by atoms with Gasteiger partial charge in [0.1, 0.15) is 0 Å². The van der Waals surface area contributed by atoms with Gasteiger partial charge in [-0.05, 0) is 38.0 Å². The molecule has 0 radical (unpaired) electrons. The summed E-state index contributed by atoms with van der Waals surface area (Å²) in [5, 5.41) is 0. The molecule has 0 aromatic rings. The molecule has 0 aliphatic carbocycles. The lowest BCUT2D eigenvalue weighted by molar-refractivity contribution is 0.516. The lowest BCUT2D eigenvalue weighted by atomic mass is 10.0. The molecule has 0 spiro atoms. The van der Waals surface area contributed by atoms with Crippen molar-refractivity contribution in [2.75, 3.05) is 0 Å². The molecule has 0 aliphatic rings. The first kappa shape index (κ1) is 19.5. The summed E-state index contributed by atoms with van der Waals surface area (Å²) in [6.45, 7) is 6.91. The van der Waals surface area contributed by atoms with Gasteiger partial charge in [-0.3, -0.25) is 0 Å². The second-order valence-electron chi connectivity index (χ2n) is 6.41. The first-order valence-corrected chi connectivity index (χ1v) is 9.07. The molecule has 0 aromatic carbocycles. The summed E-state index contributed by atoms with van der Waals surface area (Å²) in [6.07, 6.45) is 25.5. The van der Waals surface area contributed by atoms with Gasteiger partial charge in [0.15, 0.2) is 0 Å². The Labute approximate surface area is 128 Å². The fraction of sp³-hybridized carbons (Fsp3) is 0.800. The van der Waals surface area contributed by atoms with E-state index in [1.54, 1.807) is 0 Å². The highest BCUT2D eigenvalue weighted by molar-refractivity contribution is 4.92. The second kappa shape index (κ2) is 16.5. The minimum atomic E-state index is 0.882. The van der Waals surface area contributed by atoms with E-state index in [9.17, 15) is 0 Å². The van der Waals surface area contributed by atoms with E-state index in [0.29, 0.717) is 0 Å². The predicted molar refractivity (Wildman–Crippen MR) is 94.2 cm³/mol. The lowest BCUT2D eigenvalue weighted by Crippen LogP contribution is -1.86. The maximum Gasteiger partial charge on any atom is -0.0169 e. The molecule has 0 nitrogen and oxygen atoms in total. The van der Waals surface area contributed by atoms with Crippen LogP contribution >= 0.6 is 0 Å². The Bertz CT molecular complexity index is 222. The molecule has 20 heavy (non-hydrogen) atoms. The van der Waals surface area contributed by atoms with Crippen molar-refractivity contribution in [2.45, 2.75) is 97.8 Å². The van der Waals surface area contributed by atoms with Crippen molar-refractivity contribution in [3.05, 3.63) is 24.3 Å². The average molecular weight is 279 g/mol. The van der Waals surface area contributed by atoms with E-state index in [1.807, 2.05) is 0 Å². The van der Waals surface area contributed by atoms with Crippen LogP contribution in [0.15, 0.2) is 24.3 Å². The smallest absolute Gasteiger partial charge is 0.0169 e. The molecule has 0 unspecified atom stereocenters. The highest BCUT2D eigenvalue weighted by Gasteiger charge is 1.93. The van der Waals surface area contributed by atoms with Crippen LogP contribution in [-0.2, 0) is 0 Å². The lowest BCUT2D eigenvalue weighted by Gasteiger charge is -2.03. The number of rotatable bonds is 14. The fourth-order valence-electron chi connectivity index (χ4n) is 2.36. The summed E-state index contributed by atoms with van der Waals surface area (Å²) < 4.78 is 0. The largest absolute Gasteiger partial charge is 0.0882 e. The van der Waals surface area contributed by atoms with Crippen LogP contribution in [0.25, 0.3) is 0 Å². The quantitative estimate of drug-likeness (QED) is 0.228. The molecule has 0 atom stereocenters. The van der Waals surface area contributed by atoms with E-state index in [1.165, 1.54) is 70.6 Å². The van der Waals surface area contributed by atoms with Crippen molar-refractivity contribution in [1.82, 2.24) is 0 Å². The van der Waals surface area contributed by atoms with Crippen molar-refractivity contribution in [2.24, 2.45) is 5.92 Å². The average Bonchev–Trinajstić information content (AvgIpc) is 2.43. The third-order valence-electron chi connectivity index (χ3n) is 3.73. The molecule has 0 aliphatic heterocycles. The van der Waals surface area contributed by atoms with Crippen LogP contribution in [0.4, 0.5) is 0 Å². The van der Waals surface area contributed by atoms with Gasteiger partial charge in [-0.25, -0.2) is 0 Å². The number of hydrogen-bond acceptors (Lipinski definition) is 0. The Morgan fingerprint density at radius 2 is 1.20 bits per heavy atom. The molecule has 0 N–H and O–H groups in total. The molecular formula is C20H38. The molecule has 0 bridgehead atoms. The molecule has 118 valence electrons. The van der Waals surface area contributed by atoms with Gasteiger partial charge in [-0.15, -0.1) is 0 Å². The minimum Gasteiger partial charge on any atom is -0.0882 e. The molecule has 0 fully saturated rings. The van der Waals surface area contributed by atoms with Gasteiger partial charge in [0.05, 0.1) is 0 Å². The van der Waals surface area contributed by atoms with Crippen molar-refractivity contribution in [3.63, 3.8) is 0 Å². The van der Waals surface area contributed by atoms with E-state index in [2.05, 4.69) is 45.1 Å². The van der Waals surface area contributed by atoms with Gasteiger partial charge in [-0.1, -0.05) is 90.0 Å². The molecular weight excluding hydrogens is 240 g/mol. The van der Waals surface area contributed by atoms with E-state index in [0.717, 1.165) is 12.3 Å². The maximum atomic E-state index is 2.37. The van der Waals surface area contributed by atoms with Gasteiger partial charge in [0.2, 0.25) is 0 Å². The standard InChI is InChI=1S/C20H38/c1-4-5-6-7-8-9-10-11-12-13-14-15-16-17-18-19-20(2)3/h8-9,11-12,20H,4-7,10,13-19H2,1-3H3/b9-8+,12-11+. The van der Waals surface area contributed by atoms with Crippen LogP contribution in [0.5, 0.6) is 0 Å². The van der Waals surface area contributed by atoms with Gasteiger partial charge in [0.25, 0.3) is 0 Å². The number of hydrogen-bond donors (Lipinski definition) is 0. The topological polar surface area (TPSA) is 0 Å². The third-order valence-corrected chi connectivity index (χ3v) is 3.73. The summed E-state index contributed by atoms with van der Waals surface area (Å²) in [5.74, 6) is 0.882. The maximum absolute atomic E-state index is 2.37. The zero-order valence-corrected chi connectivity index (χ0v) is 14.4. The molecule has 0 heterocycles. The minimum absolute atomic E-state index is 0.882. The van der Waals surface area contributed by atoms with Gasteiger partial charge in [0, 0.05) is 0 Å². The Kier molecular flexibility index (Phi) is 16.1. The molecule has 0 rings (SSSR count).